The minimum Gasteiger partial charge on any atom is -0.508 e. The van der Waals surface area contributed by atoms with E-state index in [0.29, 0.717) is 12.0 Å². The van der Waals surface area contributed by atoms with Crippen molar-refractivity contribution in [2.24, 2.45) is 78.6 Å². The first-order chi connectivity index (χ1) is 40.3. The highest BCUT2D eigenvalue weighted by Gasteiger charge is 2.36. The molecule has 26 N–H and O–H groups in total. The predicted octanol–water partition coefficient (Wildman–Crippen LogP) is -4.62. The standard InChI is InChI=1S/C54H96N20O11S/c1-9-29(6)41(51(85)70-37(15-12-22-65-54(61)62)47(81)69-36(14-11-21-64-53(59)60)46(80)68-35(42(56)76)13-10-20-63-52(57)58)74-44(78)31(8)67-48(82)38(23-27(2)3)72-50(84)40(25-32-16-18-33(75)19-17-32)73-49(83)39(24-28(4)5)71-43(77)30(7)66-45(79)34(55)26-86/h16-19,27-31,34-41,75,86H,9-15,20-26,55H2,1-8H3,(H2,56,76)(H,66,79)(H,67,82)(H,68,80)(H,69,81)(H,70,85)(H,71,77)(H,72,84)(H,73,83)(H,74,78)(H4,57,58,63)(H4,59,60,64)(H4,61,62,65)/t29-,30-,31-,34-,35-,36-,37-,38-,39-,40-,41-/m0/s1. The number of carbonyl (C=O) groups is 10. The molecule has 484 valence electrons. The zero-order chi connectivity index (χ0) is 65.4. The predicted molar refractivity (Wildman–Crippen MR) is 330 cm³/mol. The first kappa shape index (κ1) is 75.9. The van der Waals surface area contributed by atoms with E-state index in [-0.39, 0.29) is 119 Å². The maximum absolute atomic E-state index is 14.4. The molecule has 0 spiro atoms. The van der Waals surface area contributed by atoms with Gasteiger partial charge in [0.05, 0.1) is 6.04 Å². The average Bonchev–Trinajstić information content (AvgIpc) is 2.70. The molecule has 0 heterocycles. The van der Waals surface area contributed by atoms with Crippen LogP contribution in [0.15, 0.2) is 39.2 Å². The Balaban J connectivity index is 3.55. The lowest BCUT2D eigenvalue weighted by Gasteiger charge is -2.29. The number of hydrogen-bond donors (Lipinski definition) is 19. The lowest BCUT2D eigenvalue weighted by atomic mass is 9.97. The van der Waals surface area contributed by atoms with Crippen LogP contribution in [0.25, 0.3) is 0 Å². The second-order valence-electron chi connectivity index (χ2n) is 21.9. The molecule has 10 amide bonds. The Labute approximate surface area is 508 Å². The van der Waals surface area contributed by atoms with Gasteiger partial charge in [-0.3, -0.25) is 62.9 Å². The zero-order valence-electron chi connectivity index (χ0n) is 50.7. The number of aliphatic imine (C=N–C) groups is 3. The van der Waals surface area contributed by atoms with Gasteiger partial charge in [-0.25, -0.2) is 0 Å². The second kappa shape index (κ2) is 39.5. The van der Waals surface area contributed by atoms with Gasteiger partial charge in [0.15, 0.2) is 17.9 Å². The molecule has 86 heavy (non-hydrogen) atoms. The van der Waals surface area contributed by atoms with Crippen molar-refractivity contribution in [2.75, 3.05) is 25.4 Å². The molecule has 0 aromatic heterocycles. The Morgan fingerprint density at radius 2 is 0.814 bits per heavy atom. The van der Waals surface area contributed by atoms with Gasteiger partial charge in [-0.1, -0.05) is 60.1 Å². The van der Waals surface area contributed by atoms with Crippen LogP contribution in [-0.4, -0.2) is 168 Å². The van der Waals surface area contributed by atoms with Gasteiger partial charge in [0.1, 0.15) is 60.1 Å². The SMILES string of the molecule is CC[C@H](C)[C@H](NC(=O)[C@H](C)NC(=O)[C@H](CC(C)C)NC(=O)[C@H](Cc1ccc(O)cc1)NC(=O)[C@H](CC(C)C)NC(=O)[C@H](C)NC(=O)[C@@H](N)CS)C(=O)N[C@@H](CCCN=C(N)N)C(=O)N[C@@H](CCCN=C(N)N)C(=O)N[C@@H](CCCN=C(N)N)C(N)=O. The van der Waals surface area contributed by atoms with Gasteiger partial charge < -0.3 is 98.8 Å². The zero-order valence-corrected chi connectivity index (χ0v) is 51.5. The van der Waals surface area contributed by atoms with Gasteiger partial charge in [-0.05, 0) is 101 Å². The number of guanidine groups is 3. The summed E-state index contributed by atoms with van der Waals surface area (Å²) >= 11 is 4.02. The quantitative estimate of drug-likeness (QED) is 0.0127. The molecular weight excluding hydrogens is 1140 g/mol. The van der Waals surface area contributed by atoms with Crippen molar-refractivity contribution in [3.63, 3.8) is 0 Å². The number of rotatable bonds is 40. The first-order valence-electron chi connectivity index (χ1n) is 28.6. The second-order valence-corrected chi connectivity index (χ2v) is 22.2. The molecule has 0 saturated heterocycles. The number of nitrogens with zero attached hydrogens (tertiary/aromatic N) is 3. The number of amides is 10. The van der Waals surface area contributed by atoms with E-state index < -0.39 is 125 Å². The molecule has 0 fully saturated rings. The maximum Gasteiger partial charge on any atom is 0.243 e. The van der Waals surface area contributed by atoms with E-state index in [1.807, 2.05) is 13.8 Å². The summed E-state index contributed by atoms with van der Waals surface area (Å²) in [6, 6.07) is -6.64. The number of thiol groups is 1. The molecule has 31 nitrogen and oxygen atoms in total. The molecular formula is C54H96N20O11S. The van der Waals surface area contributed by atoms with Crippen LogP contribution in [-0.2, 0) is 54.4 Å². The molecule has 0 aliphatic heterocycles. The van der Waals surface area contributed by atoms with Crippen molar-refractivity contribution >= 4 is 89.6 Å². The summed E-state index contributed by atoms with van der Waals surface area (Å²) in [5.74, 6) is -9.42. The monoisotopic (exact) mass is 1230 g/mol. The summed E-state index contributed by atoms with van der Waals surface area (Å²) in [7, 11) is 0. The third-order valence-corrected chi connectivity index (χ3v) is 13.7. The molecule has 0 aliphatic carbocycles. The molecule has 0 bridgehead atoms. The van der Waals surface area contributed by atoms with Gasteiger partial charge in [-0.15, -0.1) is 0 Å². The highest BCUT2D eigenvalue weighted by molar-refractivity contribution is 7.80. The minimum atomic E-state index is -1.37. The third-order valence-electron chi connectivity index (χ3n) is 13.3. The molecule has 0 unspecified atom stereocenters. The fraction of sp³-hybridized carbons (Fsp3) is 0.648. The molecule has 32 heteroatoms. The van der Waals surface area contributed by atoms with E-state index in [9.17, 15) is 53.1 Å². The summed E-state index contributed by atoms with van der Waals surface area (Å²) in [4.78, 5) is 149. The Hall–Kier alpha value is -8.16. The number of hydrogen-bond acceptors (Lipinski definition) is 16. The lowest BCUT2D eigenvalue weighted by Crippen LogP contribution is -2.61. The van der Waals surface area contributed by atoms with E-state index in [1.165, 1.54) is 38.1 Å². The molecule has 0 aliphatic rings. The van der Waals surface area contributed by atoms with Crippen LogP contribution in [0.2, 0.25) is 0 Å². The fourth-order valence-corrected chi connectivity index (χ4v) is 8.46. The minimum absolute atomic E-state index is 0.0179. The van der Waals surface area contributed by atoms with E-state index in [4.69, 9.17) is 45.9 Å². The van der Waals surface area contributed by atoms with Gasteiger partial charge in [0.2, 0.25) is 59.1 Å². The van der Waals surface area contributed by atoms with Crippen molar-refractivity contribution in [2.45, 2.75) is 180 Å². The fourth-order valence-electron chi connectivity index (χ4n) is 8.29. The number of aromatic hydroxyl groups is 1. The van der Waals surface area contributed by atoms with Gasteiger partial charge >= 0.3 is 0 Å². The van der Waals surface area contributed by atoms with Crippen molar-refractivity contribution in [1.29, 1.82) is 0 Å². The normalized spacial score (nSPS) is 14.9. The summed E-state index contributed by atoms with van der Waals surface area (Å²) in [5.41, 5.74) is 44.7. The third kappa shape index (κ3) is 30.1. The van der Waals surface area contributed by atoms with Gasteiger partial charge in [0, 0.05) is 31.8 Å². The topological polar surface area (TPSA) is 544 Å². The molecule has 0 radical (unpaired) electrons. The summed E-state index contributed by atoms with van der Waals surface area (Å²) in [5, 5.41) is 33.8. The van der Waals surface area contributed by atoms with Crippen LogP contribution in [0.4, 0.5) is 0 Å². The van der Waals surface area contributed by atoms with E-state index in [0.717, 1.165) is 0 Å². The van der Waals surface area contributed by atoms with E-state index >= 15 is 0 Å². The molecule has 11 atom stereocenters. The number of nitrogens with two attached hydrogens (primary N) is 8. The number of primary amides is 1. The van der Waals surface area contributed by atoms with E-state index in [1.54, 1.807) is 27.7 Å². The number of carbonyl (C=O) groups excluding carboxylic acids is 10. The Bertz CT molecular complexity index is 2490. The lowest BCUT2D eigenvalue weighted by molar-refractivity contribution is -0.136. The smallest absolute Gasteiger partial charge is 0.243 e. The van der Waals surface area contributed by atoms with Crippen LogP contribution in [0, 0.1) is 17.8 Å². The molecule has 1 aromatic rings. The van der Waals surface area contributed by atoms with Crippen LogP contribution in [0.3, 0.4) is 0 Å². The summed E-state index contributed by atoms with van der Waals surface area (Å²) in [6.45, 7) is 13.6. The van der Waals surface area contributed by atoms with Crippen molar-refractivity contribution in [3.05, 3.63) is 29.8 Å². The Kier molecular flexibility index (Phi) is 34.8. The van der Waals surface area contributed by atoms with Crippen molar-refractivity contribution < 1.29 is 53.1 Å². The number of phenolic OH excluding ortho intramolecular Hbond substituents is 1. The number of phenols is 1. The number of nitrogens with one attached hydrogen (secondary N) is 9. The Morgan fingerprint density at radius 1 is 0.465 bits per heavy atom. The van der Waals surface area contributed by atoms with Crippen molar-refractivity contribution in [1.82, 2.24) is 47.9 Å². The molecule has 1 rings (SSSR count). The molecule has 1 aromatic carbocycles. The van der Waals surface area contributed by atoms with Crippen LogP contribution >= 0.6 is 12.6 Å². The van der Waals surface area contributed by atoms with E-state index in [2.05, 4.69) is 75.5 Å². The summed E-state index contributed by atoms with van der Waals surface area (Å²) in [6.07, 6.45) is 0.853. The van der Waals surface area contributed by atoms with Crippen LogP contribution in [0.1, 0.15) is 119 Å². The maximum atomic E-state index is 14.4. The average molecular weight is 1230 g/mol. The number of benzene rings is 1. The first-order valence-corrected chi connectivity index (χ1v) is 29.3. The van der Waals surface area contributed by atoms with Crippen LogP contribution in [0.5, 0.6) is 5.75 Å². The van der Waals surface area contributed by atoms with Crippen molar-refractivity contribution in [3.8, 4) is 5.75 Å². The Morgan fingerprint density at radius 3 is 1.23 bits per heavy atom. The van der Waals surface area contributed by atoms with Gasteiger partial charge in [-0.2, -0.15) is 12.6 Å². The highest BCUT2D eigenvalue weighted by atomic mass is 32.1. The largest absolute Gasteiger partial charge is 0.508 e. The van der Waals surface area contributed by atoms with Gasteiger partial charge in [0.25, 0.3) is 0 Å². The highest BCUT2D eigenvalue weighted by Crippen LogP contribution is 2.16. The van der Waals surface area contributed by atoms with Crippen LogP contribution < -0.4 is 93.7 Å². The summed E-state index contributed by atoms with van der Waals surface area (Å²) < 4.78 is 0. The molecule has 0 saturated carbocycles.